The smallest absolute Gasteiger partial charge is 0.271 e. The van der Waals surface area contributed by atoms with Crippen molar-refractivity contribution in [1.29, 1.82) is 0 Å². The number of rotatable bonds is 4. The first-order chi connectivity index (χ1) is 8.65. The molecule has 2 aromatic rings. The van der Waals surface area contributed by atoms with E-state index in [1.54, 1.807) is 6.07 Å². The maximum absolute atomic E-state index is 10.6. The van der Waals surface area contributed by atoms with E-state index in [4.69, 9.17) is 0 Å². The molecule has 0 spiro atoms. The van der Waals surface area contributed by atoms with Crippen molar-refractivity contribution in [3.8, 4) is 0 Å². The maximum atomic E-state index is 10.6. The Kier molecular flexibility index (Phi) is 3.94. The Labute approximate surface area is 113 Å². The quantitative estimate of drug-likeness (QED) is 0.687. The second kappa shape index (κ2) is 5.64. The average molecular weight is 307 g/mol. The summed E-state index contributed by atoms with van der Waals surface area (Å²) in [4.78, 5) is 10.2. The summed E-state index contributed by atoms with van der Waals surface area (Å²) in [7, 11) is 0. The van der Waals surface area contributed by atoms with Crippen LogP contribution in [0.15, 0.2) is 53.0 Å². The summed E-state index contributed by atoms with van der Waals surface area (Å²) >= 11 is 3.37. The van der Waals surface area contributed by atoms with Gasteiger partial charge in [0.1, 0.15) is 0 Å². The van der Waals surface area contributed by atoms with Gasteiger partial charge in [-0.1, -0.05) is 34.1 Å². The van der Waals surface area contributed by atoms with E-state index in [9.17, 15) is 10.1 Å². The van der Waals surface area contributed by atoms with Crippen LogP contribution in [0.25, 0.3) is 0 Å². The predicted molar refractivity (Wildman–Crippen MR) is 74.6 cm³/mol. The molecule has 0 heterocycles. The minimum atomic E-state index is -0.398. The van der Waals surface area contributed by atoms with E-state index in [0.717, 1.165) is 15.7 Å². The predicted octanol–water partition coefficient (Wildman–Crippen LogP) is 3.97. The molecule has 4 nitrogen and oxygen atoms in total. The highest BCUT2D eigenvalue weighted by molar-refractivity contribution is 9.10. The summed E-state index contributed by atoms with van der Waals surface area (Å²) < 4.78 is 1.03. The van der Waals surface area contributed by atoms with Gasteiger partial charge in [0.25, 0.3) is 5.69 Å². The van der Waals surface area contributed by atoms with Crippen LogP contribution in [0.2, 0.25) is 0 Å². The molecule has 2 rings (SSSR count). The third-order valence-corrected chi connectivity index (χ3v) is 3.00. The Bertz CT molecular complexity index is 555. The largest absolute Gasteiger partial charge is 0.381 e. The van der Waals surface area contributed by atoms with Gasteiger partial charge in [0.2, 0.25) is 0 Å². The number of hydrogen-bond acceptors (Lipinski definition) is 3. The first-order valence-corrected chi connectivity index (χ1v) is 6.17. The third kappa shape index (κ3) is 3.30. The van der Waals surface area contributed by atoms with Crippen LogP contribution in [0.4, 0.5) is 11.4 Å². The van der Waals surface area contributed by atoms with Crippen molar-refractivity contribution < 1.29 is 4.92 Å². The summed E-state index contributed by atoms with van der Waals surface area (Å²) in [6.07, 6.45) is 0. The lowest BCUT2D eigenvalue weighted by Gasteiger charge is -2.06. The molecule has 0 aliphatic heterocycles. The van der Waals surface area contributed by atoms with Crippen LogP contribution in [0.3, 0.4) is 0 Å². The summed E-state index contributed by atoms with van der Waals surface area (Å²) in [6, 6.07) is 14.4. The fraction of sp³-hybridized carbons (Fsp3) is 0.0769. The zero-order valence-electron chi connectivity index (χ0n) is 9.47. The first-order valence-electron chi connectivity index (χ1n) is 5.38. The number of nitrogens with zero attached hydrogens (tertiary/aromatic N) is 1. The molecule has 0 fully saturated rings. The Morgan fingerprint density at radius 1 is 1.17 bits per heavy atom. The Hall–Kier alpha value is -1.88. The molecular formula is C13H11BrN2O2. The second-order valence-electron chi connectivity index (χ2n) is 3.79. The van der Waals surface area contributed by atoms with Crippen LogP contribution in [0.1, 0.15) is 5.56 Å². The lowest BCUT2D eigenvalue weighted by atomic mass is 10.2. The summed E-state index contributed by atoms with van der Waals surface area (Å²) in [5.41, 5.74) is 1.95. The van der Waals surface area contributed by atoms with Gasteiger partial charge in [0.15, 0.2) is 0 Å². The molecule has 0 aliphatic rings. The molecule has 0 radical (unpaired) electrons. The van der Waals surface area contributed by atoms with Crippen molar-refractivity contribution in [2.45, 2.75) is 6.54 Å². The number of non-ortho nitro benzene ring substituents is 1. The van der Waals surface area contributed by atoms with Gasteiger partial charge in [0.05, 0.1) is 4.92 Å². The highest BCUT2D eigenvalue weighted by Crippen LogP contribution is 2.18. The minimum Gasteiger partial charge on any atom is -0.381 e. The Morgan fingerprint density at radius 2 is 1.89 bits per heavy atom. The van der Waals surface area contributed by atoms with Gasteiger partial charge in [-0.25, -0.2) is 0 Å². The number of benzene rings is 2. The van der Waals surface area contributed by atoms with Crippen molar-refractivity contribution in [2.24, 2.45) is 0 Å². The third-order valence-electron chi connectivity index (χ3n) is 2.47. The number of nitro benzene ring substituents is 1. The fourth-order valence-corrected chi connectivity index (χ4v) is 1.80. The van der Waals surface area contributed by atoms with E-state index in [1.165, 1.54) is 12.1 Å². The van der Waals surface area contributed by atoms with E-state index in [2.05, 4.69) is 21.2 Å². The van der Waals surface area contributed by atoms with E-state index < -0.39 is 4.92 Å². The number of hydrogen-bond donors (Lipinski definition) is 1. The molecule has 0 aromatic heterocycles. The molecule has 0 bridgehead atoms. The molecule has 0 amide bonds. The number of nitro groups is 1. The van der Waals surface area contributed by atoms with Crippen LogP contribution in [-0.2, 0) is 6.54 Å². The zero-order valence-corrected chi connectivity index (χ0v) is 11.1. The van der Waals surface area contributed by atoms with Gasteiger partial charge < -0.3 is 5.32 Å². The van der Waals surface area contributed by atoms with Crippen LogP contribution in [-0.4, -0.2) is 4.92 Å². The molecule has 0 saturated carbocycles. The van der Waals surface area contributed by atoms with Crippen LogP contribution < -0.4 is 5.32 Å². The zero-order chi connectivity index (χ0) is 13.0. The topological polar surface area (TPSA) is 55.2 Å². The van der Waals surface area contributed by atoms with Gasteiger partial charge in [-0.05, 0) is 23.8 Å². The number of halogens is 1. The summed E-state index contributed by atoms with van der Waals surface area (Å²) in [5.74, 6) is 0. The van der Waals surface area contributed by atoms with Gasteiger partial charge in [0, 0.05) is 28.8 Å². The lowest BCUT2D eigenvalue weighted by Crippen LogP contribution is -1.99. The van der Waals surface area contributed by atoms with Gasteiger partial charge >= 0.3 is 0 Å². The molecular weight excluding hydrogens is 296 g/mol. The summed E-state index contributed by atoms with van der Waals surface area (Å²) in [6.45, 7) is 0.633. The van der Waals surface area contributed by atoms with Gasteiger partial charge in [-0.2, -0.15) is 0 Å². The minimum absolute atomic E-state index is 0.0933. The van der Waals surface area contributed by atoms with Crippen molar-refractivity contribution >= 4 is 27.3 Å². The van der Waals surface area contributed by atoms with E-state index in [0.29, 0.717) is 6.54 Å². The molecule has 1 N–H and O–H groups in total. The molecule has 5 heteroatoms. The second-order valence-corrected chi connectivity index (χ2v) is 4.70. The maximum Gasteiger partial charge on any atom is 0.271 e. The van der Waals surface area contributed by atoms with Crippen molar-refractivity contribution in [1.82, 2.24) is 0 Å². The fourth-order valence-electron chi connectivity index (χ4n) is 1.54. The normalized spacial score (nSPS) is 10.1. The van der Waals surface area contributed by atoms with E-state index >= 15 is 0 Å². The van der Waals surface area contributed by atoms with Gasteiger partial charge in [-0.15, -0.1) is 0 Å². The van der Waals surface area contributed by atoms with Crippen LogP contribution >= 0.6 is 15.9 Å². The van der Waals surface area contributed by atoms with Crippen molar-refractivity contribution in [3.05, 3.63) is 68.7 Å². The monoisotopic (exact) mass is 306 g/mol. The highest BCUT2D eigenvalue weighted by Gasteiger charge is 2.04. The highest BCUT2D eigenvalue weighted by atomic mass is 79.9. The summed E-state index contributed by atoms with van der Waals surface area (Å²) in [5, 5.41) is 13.8. The van der Waals surface area contributed by atoms with Crippen LogP contribution in [0.5, 0.6) is 0 Å². The molecule has 0 saturated heterocycles. The molecule has 0 unspecified atom stereocenters. The SMILES string of the molecule is O=[N+]([O-])c1cccc(NCc2ccc(Br)cc2)c1. The first kappa shape index (κ1) is 12.6. The Balaban J connectivity index is 2.04. The average Bonchev–Trinajstić information content (AvgIpc) is 2.38. The van der Waals surface area contributed by atoms with Gasteiger partial charge in [-0.3, -0.25) is 10.1 Å². The van der Waals surface area contributed by atoms with Crippen molar-refractivity contribution in [2.75, 3.05) is 5.32 Å². The molecule has 0 aliphatic carbocycles. The number of anilines is 1. The lowest BCUT2D eigenvalue weighted by molar-refractivity contribution is -0.384. The Morgan fingerprint density at radius 3 is 2.56 bits per heavy atom. The molecule has 0 atom stereocenters. The molecule has 18 heavy (non-hydrogen) atoms. The molecule has 92 valence electrons. The molecule has 2 aromatic carbocycles. The van der Waals surface area contributed by atoms with Crippen LogP contribution in [0, 0.1) is 10.1 Å². The van der Waals surface area contributed by atoms with E-state index in [1.807, 2.05) is 30.3 Å². The number of nitrogens with one attached hydrogen (secondary N) is 1. The van der Waals surface area contributed by atoms with E-state index in [-0.39, 0.29) is 5.69 Å². The standard InChI is InChI=1S/C13H11BrN2O2/c14-11-6-4-10(5-7-11)9-15-12-2-1-3-13(8-12)16(17)18/h1-8,15H,9H2. The van der Waals surface area contributed by atoms with Crippen molar-refractivity contribution in [3.63, 3.8) is 0 Å².